The predicted molar refractivity (Wildman–Crippen MR) is 123 cm³/mol. The molecule has 10 heteroatoms. The zero-order chi connectivity index (χ0) is 23.3. The molecule has 1 amide bonds. The Bertz CT molecular complexity index is 1200. The molecule has 0 saturated carbocycles. The van der Waals surface area contributed by atoms with Crippen molar-refractivity contribution in [2.45, 2.75) is 26.3 Å². The molecule has 170 valence electrons. The van der Waals surface area contributed by atoms with Gasteiger partial charge in [0.05, 0.1) is 13.2 Å². The number of nitrogen functional groups attached to an aromatic ring is 1. The van der Waals surface area contributed by atoms with Gasteiger partial charge in [-0.2, -0.15) is 0 Å². The molecule has 2 heterocycles. The number of nitrogens with one attached hydrogen (secondary N) is 1. The number of carbonyl (C=O) groups is 1. The standard InChI is InChI=1S/C22H25ClN4O5/c1-3-4-11-27-19(24)18(20(28)25-22(27)30)26(12-13-31-2)21(29)17-10-9-16(32-17)14-5-7-15(23)8-6-14/h5-10H,3-4,11-13,24H2,1-2H3,(H,25,28,30). The minimum Gasteiger partial charge on any atom is -0.451 e. The third-order valence-electron chi connectivity index (χ3n) is 4.93. The van der Waals surface area contributed by atoms with E-state index in [1.54, 1.807) is 30.3 Å². The minimum absolute atomic E-state index is 0.0103. The summed E-state index contributed by atoms with van der Waals surface area (Å²) in [5.74, 6) is -0.191. The molecule has 9 nitrogen and oxygen atoms in total. The van der Waals surface area contributed by atoms with Gasteiger partial charge >= 0.3 is 5.69 Å². The number of unbranched alkanes of at least 4 members (excludes halogenated alkanes) is 1. The highest BCUT2D eigenvalue weighted by atomic mass is 35.5. The van der Waals surface area contributed by atoms with Crippen molar-refractivity contribution >= 4 is 29.0 Å². The zero-order valence-corrected chi connectivity index (χ0v) is 18.6. The number of carbonyl (C=O) groups excluding carboxylic acids is 1. The Morgan fingerprint density at radius 2 is 1.94 bits per heavy atom. The Morgan fingerprint density at radius 1 is 1.22 bits per heavy atom. The number of aromatic nitrogens is 2. The maximum Gasteiger partial charge on any atom is 0.330 e. The summed E-state index contributed by atoms with van der Waals surface area (Å²) in [6.07, 6.45) is 1.51. The molecule has 2 aromatic heterocycles. The summed E-state index contributed by atoms with van der Waals surface area (Å²) in [6, 6.07) is 10.1. The fraction of sp³-hybridized carbons (Fsp3) is 0.318. The van der Waals surface area contributed by atoms with Crippen molar-refractivity contribution in [3.05, 3.63) is 68.0 Å². The predicted octanol–water partition coefficient (Wildman–Crippen LogP) is 3.13. The van der Waals surface area contributed by atoms with Crippen LogP contribution >= 0.6 is 11.6 Å². The van der Waals surface area contributed by atoms with Crippen LogP contribution in [-0.2, 0) is 11.3 Å². The van der Waals surface area contributed by atoms with Crippen molar-refractivity contribution < 1.29 is 13.9 Å². The molecule has 1 aromatic carbocycles. The molecule has 0 atom stereocenters. The lowest BCUT2D eigenvalue weighted by Gasteiger charge is -2.23. The molecule has 0 saturated heterocycles. The number of hydrogen-bond acceptors (Lipinski definition) is 6. The molecule has 0 unspecified atom stereocenters. The number of aromatic amines is 1. The molecule has 0 radical (unpaired) electrons. The van der Waals surface area contributed by atoms with Crippen LogP contribution in [-0.4, -0.2) is 35.7 Å². The molecular weight excluding hydrogens is 436 g/mol. The molecule has 0 aliphatic carbocycles. The van der Waals surface area contributed by atoms with Gasteiger partial charge in [0, 0.05) is 24.2 Å². The van der Waals surface area contributed by atoms with E-state index in [2.05, 4.69) is 4.98 Å². The molecule has 0 bridgehead atoms. The Kier molecular flexibility index (Phi) is 7.55. The first kappa shape index (κ1) is 23.4. The monoisotopic (exact) mass is 460 g/mol. The number of rotatable bonds is 9. The second kappa shape index (κ2) is 10.3. The minimum atomic E-state index is -0.755. The summed E-state index contributed by atoms with van der Waals surface area (Å²) in [6.45, 7) is 2.46. The van der Waals surface area contributed by atoms with Gasteiger partial charge in [-0.3, -0.25) is 24.0 Å². The summed E-state index contributed by atoms with van der Waals surface area (Å²) in [4.78, 5) is 41.7. The number of halogens is 1. The highest BCUT2D eigenvalue weighted by molar-refractivity contribution is 6.30. The number of methoxy groups -OCH3 is 1. The highest BCUT2D eigenvalue weighted by Gasteiger charge is 2.27. The van der Waals surface area contributed by atoms with Gasteiger partial charge in [0.15, 0.2) is 11.4 Å². The molecule has 3 rings (SSSR count). The van der Waals surface area contributed by atoms with Gasteiger partial charge in [-0.25, -0.2) is 4.79 Å². The van der Waals surface area contributed by atoms with Crippen LogP contribution in [0, 0.1) is 0 Å². The zero-order valence-electron chi connectivity index (χ0n) is 17.9. The lowest BCUT2D eigenvalue weighted by Crippen LogP contribution is -2.42. The first-order chi connectivity index (χ1) is 15.4. The van der Waals surface area contributed by atoms with Crippen molar-refractivity contribution in [3.63, 3.8) is 0 Å². The van der Waals surface area contributed by atoms with Gasteiger partial charge in [0.2, 0.25) is 0 Å². The van der Waals surface area contributed by atoms with E-state index in [1.807, 2.05) is 6.92 Å². The van der Waals surface area contributed by atoms with Gasteiger partial charge < -0.3 is 14.9 Å². The second-order valence-electron chi connectivity index (χ2n) is 7.12. The first-order valence-corrected chi connectivity index (χ1v) is 10.5. The summed E-state index contributed by atoms with van der Waals surface area (Å²) >= 11 is 5.93. The lowest BCUT2D eigenvalue weighted by atomic mass is 10.2. The Balaban J connectivity index is 2.02. The van der Waals surface area contributed by atoms with Gasteiger partial charge in [0.1, 0.15) is 11.6 Å². The van der Waals surface area contributed by atoms with Crippen LogP contribution in [0.3, 0.4) is 0 Å². The fourth-order valence-electron chi connectivity index (χ4n) is 3.23. The molecule has 0 aliphatic heterocycles. The molecule has 3 aromatic rings. The quantitative estimate of drug-likeness (QED) is 0.505. The van der Waals surface area contributed by atoms with Crippen LogP contribution in [0.1, 0.15) is 30.3 Å². The Labute approximate surface area is 189 Å². The van der Waals surface area contributed by atoms with Gasteiger partial charge in [-0.1, -0.05) is 24.9 Å². The topological polar surface area (TPSA) is 124 Å². The van der Waals surface area contributed by atoms with E-state index in [0.29, 0.717) is 23.7 Å². The average molecular weight is 461 g/mol. The van der Waals surface area contributed by atoms with Crippen LogP contribution in [0.2, 0.25) is 5.02 Å². The van der Waals surface area contributed by atoms with Crippen molar-refractivity contribution in [1.82, 2.24) is 9.55 Å². The Hall–Kier alpha value is -3.30. The van der Waals surface area contributed by atoms with Crippen LogP contribution in [0.4, 0.5) is 11.5 Å². The second-order valence-corrected chi connectivity index (χ2v) is 7.56. The van der Waals surface area contributed by atoms with E-state index in [9.17, 15) is 14.4 Å². The summed E-state index contributed by atoms with van der Waals surface area (Å²) in [5, 5.41) is 0.579. The van der Waals surface area contributed by atoms with E-state index in [0.717, 1.165) is 12.0 Å². The summed E-state index contributed by atoms with van der Waals surface area (Å²) in [7, 11) is 1.48. The lowest BCUT2D eigenvalue weighted by molar-refractivity contribution is 0.0949. The van der Waals surface area contributed by atoms with Crippen LogP contribution < -0.4 is 21.9 Å². The van der Waals surface area contributed by atoms with Gasteiger partial charge in [-0.05, 0) is 42.8 Å². The number of nitrogens with two attached hydrogens (primary N) is 1. The number of benzene rings is 1. The van der Waals surface area contributed by atoms with Crippen LogP contribution in [0.5, 0.6) is 0 Å². The van der Waals surface area contributed by atoms with Crippen molar-refractivity contribution in [2.24, 2.45) is 0 Å². The van der Waals surface area contributed by atoms with Gasteiger partial charge in [0.25, 0.3) is 11.5 Å². The molecule has 0 aliphatic rings. The van der Waals surface area contributed by atoms with E-state index in [1.165, 1.54) is 22.6 Å². The number of hydrogen-bond donors (Lipinski definition) is 2. The van der Waals surface area contributed by atoms with E-state index in [-0.39, 0.29) is 30.4 Å². The van der Waals surface area contributed by atoms with Crippen LogP contribution in [0.15, 0.2) is 50.4 Å². The number of furan rings is 1. The normalized spacial score (nSPS) is 11.0. The summed E-state index contributed by atoms with van der Waals surface area (Å²) < 4.78 is 12.1. The van der Waals surface area contributed by atoms with E-state index >= 15 is 0 Å². The Morgan fingerprint density at radius 3 is 2.59 bits per heavy atom. The maximum absolute atomic E-state index is 13.3. The molecule has 0 spiro atoms. The molecule has 0 fully saturated rings. The van der Waals surface area contributed by atoms with E-state index < -0.39 is 17.2 Å². The number of amides is 1. The first-order valence-electron chi connectivity index (χ1n) is 10.2. The summed E-state index contributed by atoms with van der Waals surface area (Å²) in [5.41, 5.74) is 5.44. The number of nitrogens with zero attached hydrogens (tertiary/aromatic N) is 2. The molecular formula is C22H25ClN4O5. The number of anilines is 2. The fourth-order valence-corrected chi connectivity index (χ4v) is 3.36. The van der Waals surface area contributed by atoms with Crippen molar-refractivity contribution in [3.8, 4) is 11.3 Å². The number of ether oxygens (including phenoxy) is 1. The molecule has 32 heavy (non-hydrogen) atoms. The SMILES string of the molecule is CCCCn1c(N)c(N(CCOC)C(=O)c2ccc(-c3ccc(Cl)cc3)o2)c(=O)[nH]c1=O. The largest absolute Gasteiger partial charge is 0.451 e. The smallest absolute Gasteiger partial charge is 0.330 e. The third-order valence-corrected chi connectivity index (χ3v) is 5.18. The number of H-pyrrole nitrogens is 1. The third kappa shape index (κ3) is 4.95. The van der Waals surface area contributed by atoms with E-state index in [4.69, 9.17) is 26.5 Å². The van der Waals surface area contributed by atoms with Crippen LogP contribution in [0.25, 0.3) is 11.3 Å². The van der Waals surface area contributed by atoms with Crippen molar-refractivity contribution in [2.75, 3.05) is 30.9 Å². The van der Waals surface area contributed by atoms with Gasteiger partial charge in [-0.15, -0.1) is 0 Å². The molecule has 3 N–H and O–H groups in total. The average Bonchev–Trinajstić information content (AvgIpc) is 3.26. The van der Waals surface area contributed by atoms with Crippen molar-refractivity contribution in [1.29, 1.82) is 0 Å². The maximum atomic E-state index is 13.3. The highest BCUT2D eigenvalue weighted by Crippen LogP contribution is 2.26.